The van der Waals surface area contributed by atoms with Crippen LogP contribution in [0.5, 0.6) is 0 Å². The maximum atomic E-state index is 13.6. The van der Waals surface area contributed by atoms with Crippen molar-refractivity contribution < 1.29 is 31.5 Å². The Labute approximate surface area is 128 Å². The molecule has 0 bridgehead atoms. The molecule has 0 N–H and O–H groups in total. The van der Waals surface area contributed by atoms with E-state index in [-0.39, 0.29) is 26.2 Å². The second kappa shape index (κ2) is 6.51. The van der Waals surface area contributed by atoms with Crippen molar-refractivity contribution in [2.24, 2.45) is 0 Å². The molecule has 0 spiro atoms. The Kier molecular flexibility index (Phi) is 4.86. The van der Waals surface area contributed by atoms with Gasteiger partial charge in [0.2, 0.25) is 5.91 Å². The normalized spacial score (nSPS) is 15.7. The molecule has 23 heavy (non-hydrogen) atoms. The van der Waals surface area contributed by atoms with E-state index in [0.717, 1.165) is 28.0 Å². The van der Waals surface area contributed by atoms with Gasteiger partial charge in [0.1, 0.15) is 23.6 Å². The van der Waals surface area contributed by atoms with E-state index in [1.807, 2.05) is 0 Å². The molecule has 0 saturated carbocycles. The SMILES string of the molecule is O=C(CC(F)(F)F)N1CCN(C(=O)c2c(F)cccc2F)CC1. The lowest BCUT2D eigenvalue weighted by molar-refractivity contribution is -0.162. The summed E-state index contributed by atoms with van der Waals surface area (Å²) in [5, 5.41) is 0. The van der Waals surface area contributed by atoms with Crippen LogP contribution in [0.3, 0.4) is 0 Å². The van der Waals surface area contributed by atoms with Crippen LogP contribution in [0.2, 0.25) is 0 Å². The predicted molar refractivity (Wildman–Crippen MR) is 69.5 cm³/mol. The van der Waals surface area contributed by atoms with Gasteiger partial charge in [-0.2, -0.15) is 13.2 Å². The predicted octanol–water partition coefficient (Wildman–Crippen LogP) is 2.20. The van der Waals surface area contributed by atoms with Gasteiger partial charge >= 0.3 is 6.18 Å². The molecular weight excluding hydrogens is 323 g/mol. The summed E-state index contributed by atoms with van der Waals surface area (Å²) in [5.74, 6) is -3.98. The summed E-state index contributed by atoms with van der Waals surface area (Å²) in [6, 6.07) is 3.01. The molecule has 1 heterocycles. The smallest absolute Gasteiger partial charge is 0.339 e. The molecule has 4 nitrogen and oxygen atoms in total. The number of rotatable bonds is 2. The maximum absolute atomic E-state index is 13.6. The molecule has 1 saturated heterocycles. The minimum Gasteiger partial charge on any atom is -0.339 e. The van der Waals surface area contributed by atoms with Crippen molar-refractivity contribution in [1.29, 1.82) is 0 Å². The number of piperazine rings is 1. The van der Waals surface area contributed by atoms with Gasteiger partial charge in [-0.1, -0.05) is 6.07 Å². The van der Waals surface area contributed by atoms with Crippen LogP contribution in [0.1, 0.15) is 16.8 Å². The monoisotopic (exact) mass is 336 g/mol. The van der Waals surface area contributed by atoms with Crippen molar-refractivity contribution in [3.8, 4) is 0 Å². The van der Waals surface area contributed by atoms with Gasteiger partial charge in [-0.25, -0.2) is 8.78 Å². The lowest BCUT2D eigenvalue weighted by Gasteiger charge is -2.35. The molecule has 1 aliphatic heterocycles. The van der Waals surface area contributed by atoms with Crippen LogP contribution in [0.25, 0.3) is 0 Å². The Morgan fingerprint density at radius 1 is 0.957 bits per heavy atom. The number of benzene rings is 1. The zero-order valence-corrected chi connectivity index (χ0v) is 11.9. The zero-order chi connectivity index (χ0) is 17.2. The fraction of sp³-hybridized carbons (Fsp3) is 0.429. The quantitative estimate of drug-likeness (QED) is 0.777. The molecule has 1 aromatic carbocycles. The summed E-state index contributed by atoms with van der Waals surface area (Å²) in [4.78, 5) is 25.7. The molecule has 2 amide bonds. The fourth-order valence-electron chi connectivity index (χ4n) is 2.30. The first-order valence-corrected chi connectivity index (χ1v) is 6.77. The highest BCUT2D eigenvalue weighted by atomic mass is 19.4. The Morgan fingerprint density at radius 2 is 1.43 bits per heavy atom. The summed E-state index contributed by atoms with van der Waals surface area (Å²) < 4.78 is 63.7. The van der Waals surface area contributed by atoms with Gasteiger partial charge in [0, 0.05) is 26.2 Å². The summed E-state index contributed by atoms with van der Waals surface area (Å²) in [6.45, 7) is -0.403. The van der Waals surface area contributed by atoms with E-state index in [9.17, 15) is 31.5 Å². The molecule has 9 heteroatoms. The Morgan fingerprint density at radius 3 is 1.91 bits per heavy atom. The molecular formula is C14H13F5N2O2. The van der Waals surface area contributed by atoms with Crippen LogP contribution in [0, 0.1) is 11.6 Å². The summed E-state index contributed by atoms with van der Waals surface area (Å²) in [6.07, 6.45) is -6.16. The van der Waals surface area contributed by atoms with Crippen molar-refractivity contribution in [2.75, 3.05) is 26.2 Å². The lowest BCUT2D eigenvalue weighted by Crippen LogP contribution is -2.51. The summed E-state index contributed by atoms with van der Waals surface area (Å²) in [7, 11) is 0. The van der Waals surface area contributed by atoms with E-state index < -0.39 is 41.6 Å². The van der Waals surface area contributed by atoms with Crippen molar-refractivity contribution in [3.05, 3.63) is 35.4 Å². The first kappa shape index (κ1) is 17.2. The van der Waals surface area contributed by atoms with E-state index >= 15 is 0 Å². The Hall–Kier alpha value is -2.19. The molecule has 1 aromatic rings. The summed E-state index contributed by atoms with van der Waals surface area (Å²) >= 11 is 0. The van der Waals surface area contributed by atoms with Gasteiger partial charge < -0.3 is 9.80 Å². The number of halogens is 5. The largest absolute Gasteiger partial charge is 0.397 e. The standard InChI is InChI=1S/C14H13F5N2O2/c15-9-2-1-3-10(16)12(9)13(23)21-6-4-20(5-7-21)11(22)8-14(17,18)19/h1-3H,4-8H2. The molecule has 1 fully saturated rings. The Bertz CT molecular complexity index is 589. The van der Waals surface area contributed by atoms with Crippen LogP contribution in [0.4, 0.5) is 22.0 Å². The average Bonchev–Trinajstić information content (AvgIpc) is 2.45. The van der Waals surface area contributed by atoms with Crippen molar-refractivity contribution in [3.63, 3.8) is 0 Å². The number of hydrogen-bond acceptors (Lipinski definition) is 2. The number of carbonyl (C=O) groups is 2. The van der Waals surface area contributed by atoms with Crippen molar-refractivity contribution in [2.45, 2.75) is 12.6 Å². The lowest BCUT2D eigenvalue weighted by atomic mass is 10.1. The number of nitrogens with zero attached hydrogens (tertiary/aromatic N) is 2. The third kappa shape index (κ3) is 4.17. The van der Waals surface area contributed by atoms with Gasteiger partial charge in [-0.15, -0.1) is 0 Å². The molecule has 0 radical (unpaired) electrons. The van der Waals surface area contributed by atoms with Gasteiger partial charge in [-0.05, 0) is 12.1 Å². The zero-order valence-electron chi connectivity index (χ0n) is 11.9. The maximum Gasteiger partial charge on any atom is 0.397 e. The first-order chi connectivity index (χ1) is 10.7. The highest BCUT2D eigenvalue weighted by molar-refractivity contribution is 5.95. The van der Waals surface area contributed by atoms with E-state index in [0.29, 0.717) is 0 Å². The third-order valence-electron chi connectivity index (χ3n) is 3.45. The molecule has 2 rings (SSSR count). The van der Waals surface area contributed by atoms with E-state index in [4.69, 9.17) is 0 Å². The van der Waals surface area contributed by atoms with Gasteiger partial charge in [0.25, 0.3) is 5.91 Å². The van der Waals surface area contributed by atoms with Crippen LogP contribution in [-0.4, -0.2) is 54.0 Å². The highest BCUT2D eigenvalue weighted by Gasteiger charge is 2.35. The number of hydrogen-bond donors (Lipinski definition) is 0. The molecule has 0 atom stereocenters. The average molecular weight is 336 g/mol. The van der Waals surface area contributed by atoms with Crippen LogP contribution >= 0.6 is 0 Å². The third-order valence-corrected chi connectivity index (χ3v) is 3.45. The number of carbonyl (C=O) groups excluding carboxylic acids is 2. The number of alkyl halides is 3. The van der Waals surface area contributed by atoms with Crippen LogP contribution in [-0.2, 0) is 4.79 Å². The second-order valence-electron chi connectivity index (χ2n) is 5.06. The molecule has 0 aromatic heterocycles. The highest BCUT2D eigenvalue weighted by Crippen LogP contribution is 2.22. The van der Waals surface area contributed by atoms with Gasteiger partial charge in [0.15, 0.2) is 0 Å². The van der Waals surface area contributed by atoms with Crippen LogP contribution in [0.15, 0.2) is 18.2 Å². The molecule has 1 aliphatic rings. The fourth-order valence-corrected chi connectivity index (χ4v) is 2.30. The summed E-state index contributed by atoms with van der Waals surface area (Å²) in [5.41, 5.74) is -0.706. The Balaban J connectivity index is 1.99. The van der Waals surface area contributed by atoms with Gasteiger partial charge in [0.05, 0.1) is 0 Å². The molecule has 126 valence electrons. The van der Waals surface area contributed by atoms with E-state index in [2.05, 4.69) is 0 Å². The topological polar surface area (TPSA) is 40.6 Å². The molecule has 0 unspecified atom stereocenters. The van der Waals surface area contributed by atoms with Crippen molar-refractivity contribution in [1.82, 2.24) is 9.80 Å². The van der Waals surface area contributed by atoms with Crippen molar-refractivity contribution >= 4 is 11.8 Å². The van der Waals surface area contributed by atoms with E-state index in [1.54, 1.807) is 0 Å². The van der Waals surface area contributed by atoms with Gasteiger partial charge in [-0.3, -0.25) is 9.59 Å². The minimum atomic E-state index is -4.60. The molecule has 0 aliphatic carbocycles. The second-order valence-corrected chi connectivity index (χ2v) is 5.06. The first-order valence-electron chi connectivity index (χ1n) is 6.77. The van der Waals surface area contributed by atoms with Crippen LogP contribution < -0.4 is 0 Å². The van der Waals surface area contributed by atoms with E-state index in [1.165, 1.54) is 0 Å². The number of amides is 2. The minimum absolute atomic E-state index is 0.0871.